The number of carbonyl (C=O) groups excluding carboxylic acids is 1. The molecular formula is C20H23N5O. The minimum Gasteiger partial charge on any atom is -0.357 e. The maximum absolute atomic E-state index is 12.6. The summed E-state index contributed by atoms with van der Waals surface area (Å²) in [6, 6.07) is 13.4. The zero-order valence-corrected chi connectivity index (χ0v) is 15.0. The van der Waals surface area contributed by atoms with E-state index >= 15 is 0 Å². The first kappa shape index (κ1) is 16.6. The molecule has 0 spiro atoms. The van der Waals surface area contributed by atoms with E-state index in [1.165, 1.54) is 25.7 Å². The number of aryl methyl sites for hydroxylation is 1. The molecule has 1 aromatic carbocycles. The van der Waals surface area contributed by atoms with Crippen LogP contribution in [0.2, 0.25) is 0 Å². The molecule has 1 fully saturated rings. The SMILES string of the molecule is Cn1nc(C(=O)Nc2ccccc2)c2ccc(N3CCCCCC3)nc21. The molecule has 0 unspecified atom stereocenters. The van der Waals surface area contributed by atoms with Gasteiger partial charge in [0.25, 0.3) is 5.91 Å². The summed E-state index contributed by atoms with van der Waals surface area (Å²) >= 11 is 0. The van der Waals surface area contributed by atoms with Gasteiger partial charge in [0.15, 0.2) is 11.3 Å². The van der Waals surface area contributed by atoms with Crippen LogP contribution in [-0.4, -0.2) is 33.8 Å². The number of hydrogen-bond acceptors (Lipinski definition) is 4. The summed E-state index contributed by atoms with van der Waals surface area (Å²) in [7, 11) is 1.83. The lowest BCUT2D eigenvalue weighted by molar-refractivity contribution is 0.102. The second-order valence-corrected chi connectivity index (χ2v) is 6.73. The summed E-state index contributed by atoms with van der Waals surface area (Å²) in [6.07, 6.45) is 4.98. The molecule has 1 amide bonds. The van der Waals surface area contributed by atoms with E-state index in [0.717, 1.165) is 35.6 Å². The molecule has 3 heterocycles. The van der Waals surface area contributed by atoms with Gasteiger partial charge in [0.1, 0.15) is 5.82 Å². The Balaban J connectivity index is 1.64. The van der Waals surface area contributed by atoms with Gasteiger partial charge in [0.05, 0.1) is 5.39 Å². The molecule has 4 rings (SSSR count). The number of carbonyl (C=O) groups is 1. The van der Waals surface area contributed by atoms with Gasteiger partial charge in [-0.25, -0.2) is 9.67 Å². The van der Waals surface area contributed by atoms with Crippen LogP contribution >= 0.6 is 0 Å². The number of anilines is 2. The Hall–Kier alpha value is -2.89. The number of benzene rings is 1. The van der Waals surface area contributed by atoms with E-state index in [-0.39, 0.29) is 5.91 Å². The third kappa shape index (κ3) is 3.27. The fourth-order valence-electron chi connectivity index (χ4n) is 3.48. The molecular weight excluding hydrogens is 326 g/mol. The summed E-state index contributed by atoms with van der Waals surface area (Å²) in [5.74, 6) is 0.753. The minimum absolute atomic E-state index is 0.217. The highest BCUT2D eigenvalue weighted by Gasteiger charge is 2.19. The maximum Gasteiger partial charge on any atom is 0.276 e. The van der Waals surface area contributed by atoms with Gasteiger partial charge in [-0.2, -0.15) is 5.10 Å². The van der Waals surface area contributed by atoms with Crippen LogP contribution in [0.1, 0.15) is 36.2 Å². The highest BCUT2D eigenvalue weighted by Crippen LogP contribution is 2.23. The van der Waals surface area contributed by atoms with Crippen molar-refractivity contribution in [3.8, 4) is 0 Å². The van der Waals surface area contributed by atoms with E-state index in [1.54, 1.807) is 4.68 Å². The highest BCUT2D eigenvalue weighted by atomic mass is 16.2. The van der Waals surface area contributed by atoms with Crippen molar-refractivity contribution in [2.24, 2.45) is 7.05 Å². The summed E-state index contributed by atoms with van der Waals surface area (Å²) in [4.78, 5) is 19.8. The molecule has 0 radical (unpaired) electrons. The number of fused-ring (bicyclic) bond motifs is 1. The molecule has 0 atom stereocenters. The second kappa shape index (κ2) is 7.15. The van der Waals surface area contributed by atoms with Crippen LogP contribution in [0, 0.1) is 0 Å². The highest BCUT2D eigenvalue weighted by molar-refractivity contribution is 6.10. The third-order valence-corrected chi connectivity index (χ3v) is 4.85. The topological polar surface area (TPSA) is 63.1 Å². The molecule has 1 aliphatic rings. The summed E-state index contributed by atoms with van der Waals surface area (Å²) in [5.41, 5.74) is 1.90. The van der Waals surface area contributed by atoms with Gasteiger partial charge in [-0.1, -0.05) is 31.0 Å². The van der Waals surface area contributed by atoms with Crippen LogP contribution in [0.3, 0.4) is 0 Å². The van der Waals surface area contributed by atoms with Crippen molar-refractivity contribution in [3.05, 3.63) is 48.2 Å². The van der Waals surface area contributed by atoms with Crippen LogP contribution in [0.15, 0.2) is 42.5 Å². The van der Waals surface area contributed by atoms with Crippen molar-refractivity contribution < 1.29 is 4.79 Å². The standard InChI is InChI=1S/C20H23N5O/c1-24-19-16(11-12-17(22-19)25-13-7-2-3-8-14-25)18(23-24)20(26)21-15-9-5-4-6-10-15/h4-6,9-12H,2-3,7-8,13-14H2,1H3,(H,21,26). The average Bonchev–Trinajstić information content (AvgIpc) is 2.84. The number of hydrogen-bond donors (Lipinski definition) is 1. The molecule has 0 saturated carbocycles. The second-order valence-electron chi connectivity index (χ2n) is 6.73. The molecule has 6 heteroatoms. The van der Waals surface area contributed by atoms with E-state index in [1.807, 2.05) is 49.5 Å². The number of para-hydroxylation sites is 1. The first-order valence-corrected chi connectivity index (χ1v) is 9.17. The maximum atomic E-state index is 12.6. The molecule has 0 aliphatic carbocycles. The lowest BCUT2D eigenvalue weighted by atomic mass is 10.2. The van der Waals surface area contributed by atoms with Crippen LogP contribution in [-0.2, 0) is 7.05 Å². The van der Waals surface area contributed by atoms with Gasteiger partial charge in [-0.05, 0) is 37.1 Å². The van der Waals surface area contributed by atoms with Crippen molar-refractivity contribution >= 4 is 28.4 Å². The molecule has 1 aliphatic heterocycles. The summed E-state index contributed by atoms with van der Waals surface area (Å²) in [6.45, 7) is 2.08. The van der Waals surface area contributed by atoms with Crippen molar-refractivity contribution in [2.45, 2.75) is 25.7 Å². The van der Waals surface area contributed by atoms with E-state index in [4.69, 9.17) is 4.98 Å². The number of aromatic nitrogens is 3. The molecule has 1 saturated heterocycles. The van der Waals surface area contributed by atoms with Crippen molar-refractivity contribution in [3.63, 3.8) is 0 Å². The third-order valence-electron chi connectivity index (χ3n) is 4.85. The molecule has 1 N–H and O–H groups in total. The normalized spacial score (nSPS) is 15.0. The Bertz CT molecular complexity index is 911. The fourth-order valence-corrected chi connectivity index (χ4v) is 3.48. The van der Waals surface area contributed by atoms with Crippen LogP contribution < -0.4 is 10.2 Å². The van der Waals surface area contributed by atoms with Gasteiger partial charge < -0.3 is 10.2 Å². The van der Waals surface area contributed by atoms with Crippen LogP contribution in [0.5, 0.6) is 0 Å². The number of pyridine rings is 1. The zero-order valence-electron chi connectivity index (χ0n) is 15.0. The van der Waals surface area contributed by atoms with E-state index in [9.17, 15) is 4.79 Å². The largest absolute Gasteiger partial charge is 0.357 e. The van der Waals surface area contributed by atoms with Crippen molar-refractivity contribution in [1.29, 1.82) is 0 Å². The van der Waals surface area contributed by atoms with Crippen molar-refractivity contribution in [2.75, 3.05) is 23.3 Å². The Kier molecular flexibility index (Phi) is 4.56. The van der Waals surface area contributed by atoms with E-state index in [0.29, 0.717) is 5.69 Å². The van der Waals surface area contributed by atoms with Gasteiger partial charge in [-0.3, -0.25) is 4.79 Å². The quantitative estimate of drug-likeness (QED) is 0.785. The molecule has 2 aromatic heterocycles. The van der Waals surface area contributed by atoms with E-state index < -0.39 is 0 Å². The molecule has 3 aromatic rings. The predicted molar refractivity (Wildman–Crippen MR) is 104 cm³/mol. The van der Waals surface area contributed by atoms with Gasteiger partial charge in [0.2, 0.25) is 0 Å². The summed E-state index contributed by atoms with van der Waals surface area (Å²) < 4.78 is 1.69. The minimum atomic E-state index is -0.217. The average molecular weight is 349 g/mol. The lowest BCUT2D eigenvalue weighted by Gasteiger charge is -2.21. The smallest absolute Gasteiger partial charge is 0.276 e. The zero-order chi connectivity index (χ0) is 17.9. The Morgan fingerprint density at radius 2 is 1.73 bits per heavy atom. The molecule has 134 valence electrons. The van der Waals surface area contributed by atoms with E-state index in [2.05, 4.69) is 15.3 Å². The van der Waals surface area contributed by atoms with Gasteiger partial charge >= 0.3 is 0 Å². The molecule has 26 heavy (non-hydrogen) atoms. The lowest BCUT2D eigenvalue weighted by Crippen LogP contribution is -2.24. The Morgan fingerprint density at radius 1 is 1.00 bits per heavy atom. The summed E-state index contributed by atoms with van der Waals surface area (Å²) in [5, 5.41) is 8.09. The van der Waals surface area contributed by atoms with Gasteiger partial charge in [0, 0.05) is 25.8 Å². The first-order chi connectivity index (χ1) is 12.7. The van der Waals surface area contributed by atoms with Gasteiger partial charge in [-0.15, -0.1) is 0 Å². The fraction of sp³-hybridized carbons (Fsp3) is 0.350. The molecule has 6 nitrogen and oxygen atoms in total. The monoisotopic (exact) mass is 349 g/mol. The number of nitrogens with zero attached hydrogens (tertiary/aromatic N) is 4. The predicted octanol–water partition coefficient (Wildman–Crippen LogP) is 3.60. The Morgan fingerprint density at radius 3 is 2.46 bits per heavy atom. The first-order valence-electron chi connectivity index (χ1n) is 9.17. The molecule has 0 bridgehead atoms. The van der Waals surface area contributed by atoms with Crippen molar-refractivity contribution in [1.82, 2.24) is 14.8 Å². The Labute approximate surface area is 152 Å². The van der Waals surface area contributed by atoms with Crippen LogP contribution in [0.25, 0.3) is 11.0 Å². The number of rotatable bonds is 3. The number of nitrogens with one attached hydrogen (secondary N) is 1. The number of amides is 1. The van der Waals surface area contributed by atoms with Crippen LogP contribution in [0.4, 0.5) is 11.5 Å².